The molecular formula is C18H21NO5S. The van der Waals surface area contributed by atoms with Gasteiger partial charge in [0.05, 0.1) is 18.8 Å². The van der Waals surface area contributed by atoms with Crippen LogP contribution in [0.15, 0.2) is 30.3 Å². The summed E-state index contributed by atoms with van der Waals surface area (Å²) in [7, 11) is 0. The van der Waals surface area contributed by atoms with E-state index < -0.39 is 5.97 Å². The smallest absolute Gasteiger partial charge is 0.341 e. The van der Waals surface area contributed by atoms with E-state index in [9.17, 15) is 9.59 Å². The lowest BCUT2D eigenvalue weighted by Crippen LogP contribution is -2.21. The molecule has 1 amide bonds. The lowest BCUT2D eigenvalue weighted by atomic mass is 10.3. The zero-order chi connectivity index (χ0) is 18.2. The quantitative estimate of drug-likeness (QED) is 0.725. The first-order valence-corrected chi connectivity index (χ1v) is 8.78. The van der Waals surface area contributed by atoms with Gasteiger partial charge in [-0.05, 0) is 51.1 Å². The van der Waals surface area contributed by atoms with Gasteiger partial charge < -0.3 is 19.5 Å². The third-order valence-corrected chi connectivity index (χ3v) is 4.07. The topological polar surface area (TPSA) is 73.9 Å². The van der Waals surface area contributed by atoms with Crippen molar-refractivity contribution in [3.05, 3.63) is 40.8 Å². The van der Waals surface area contributed by atoms with Crippen LogP contribution in [0.5, 0.6) is 11.5 Å². The Morgan fingerprint density at radius 3 is 2.28 bits per heavy atom. The van der Waals surface area contributed by atoms with Gasteiger partial charge in [0, 0.05) is 4.88 Å². The third-order valence-electron chi connectivity index (χ3n) is 3.11. The summed E-state index contributed by atoms with van der Waals surface area (Å²) in [5.41, 5.74) is 0.360. The maximum Gasteiger partial charge on any atom is 0.341 e. The van der Waals surface area contributed by atoms with Gasteiger partial charge in [-0.3, -0.25) is 4.79 Å². The summed E-state index contributed by atoms with van der Waals surface area (Å²) in [6.45, 7) is 6.21. The summed E-state index contributed by atoms with van der Waals surface area (Å²) in [5.74, 6) is 0.509. The number of nitrogens with one attached hydrogen (secondary N) is 1. The molecule has 0 fully saturated rings. The third kappa shape index (κ3) is 5.49. The van der Waals surface area contributed by atoms with Crippen molar-refractivity contribution < 1.29 is 23.8 Å². The van der Waals surface area contributed by atoms with Gasteiger partial charge in [0.2, 0.25) is 0 Å². The molecule has 1 N–H and O–H groups in total. The van der Waals surface area contributed by atoms with E-state index in [0.29, 0.717) is 22.9 Å². The van der Waals surface area contributed by atoms with Gasteiger partial charge in [-0.2, -0.15) is 0 Å². The molecule has 1 heterocycles. The van der Waals surface area contributed by atoms with E-state index in [1.165, 1.54) is 11.3 Å². The largest absolute Gasteiger partial charge is 0.494 e. The highest BCUT2D eigenvalue weighted by Crippen LogP contribution is 2.28. The van der Waals surface area contributed by atoms with Crippen LogP contribution < -0.4 is 14.8 Å². The number of thiophene rings is 1. The van der Waals surface area contributed by atoms with Crippen molar-refractivity contribution in [1.29, 1.82) is 0 Å². The first-order chi connectivity index (χ1) is 12.0. The van der Waals surface area contributed by atoms with Crippen LogP contribution in [-0.4, -0.2) is 31.7 Å². The lowest BCUT2D eigenvalue weighted by molar-refractivity contribution is -0.118. The Hall–Kier alpha value is -2.54. The minimum atomic E-state index is -0.449. The predicted octanol–water partition coefficient (Wildman–Crippen LogP) is 3.65. The first kappa shape index (κ1) is 18.8. The zero-order valence-electron chi connectivity index (χ0n) is 14.5. The number of anilines is 1. The monoisotopic (exact) mass is 363 g/mol. The number of aryl methyl sites for hydroxylation is 1. The summed E-state index contributed by atoms with van der Waals surface area (Å²) in [5, 5.41) is 3.17. The van der Waals surface area contributed by atoms with Crippen molar-refractivity contribution in [2.75, 3.05) is 25.1 Å². The molecular weight excluding hydrogens is 342 g/mol. The average Bonchev–Trinajstić information content (AvgIpc) is 2.95. The molecule has 0 aliphatic rings. The Bertz CT molecular complexity index is 724. The second-order valence-corrected chi connectivity index (χ2v) is 6.32. The van der Waals surface area contributed by atoms with Crippen LogP contribution in [0.1, 0.15) is 29.1 Å². The van der Waals surface area contributed by atoms with Crippen molar-refractivity contribution in [2.24, 2.45) is 0 Å². The molecule has 2 rings (SSSR count). The first-order valence-electron chi connectivity index (χ1n) is 7.96. The maximum absolute atomic E-state index is 12.1. The average molecular weight is 363 g/mol. The zero-order valence-corrected chi connectivity index (χ0v) is 15.3. The molecule has 134 valence electrons. The second-order valence-electron chi connectivity index (χ2n) is 5.06. The molecule has 0 saturated heterocycles. The molecule has 0 atom stereocenters. The predicted molar refractivity (Wildman–Crippen MR) is 96.7 cm³/mol. The summed E-state index contributed by atoms with van der Waals surface area (Å²) in [6, 6.07) is 8.72. The Kier molecular flexibility index (Phi) is 6.82. The van der Waals surface area contributed by atoms with E-state index in [1.54, 1.807) is 37.3 Å². The van der Waals surface area contributed by atoms with Gasteiger partial charge >= 0.3 is 5.97 Å². The Morgan fingerprint density at radius 2 is 1.68 bits per heavy atom. The normalized spacial score (nSPS) is 10.2. The molecule has 0 unspecified atom stereocenters. The number of carbonyl (C=O) groups is 2. The van der Waals surface area contributed by atoms with Crippen molar-refractivity contribution in [3.8, 4) is 11.5 Å². The lowest BCUT2D eigenvalue weighted by Gasteiger charge is -2.09. The van der Waals surface area contributed by atoms with E-state index >= 15 is 0 Å². The number of esters is 1. The van der Waals surface area contributed by atoms with Gasteiger partial charge in [0.15, 0.2) is 6.61 Å². The van der Waals surface area contributed by atoms with E-state index in [2.05, 4.69) is 5.32 Å². The minimum absolute atomic E-state index is 0.160. The molecule has 0 saturated carbocycles. The molecule has 7 heteroatoms. The molecule has 0 aliphatic carbocycles. The molecule has 1 aromatic carbocycles. The number of rotatable bonds is 8. The molecule has 0 spiro atoms. The number of hydrogen-bond acceptors (Lipinski definition) is 6. The van der Waals surface area contributed by atoms with E-state index in [4.69, 9.17) is 14.2 Å². The highest BCUT2D eigenvalue weighted by atomic mass is 32.1. The van der Waals surface area contributed by atoms with E-state index in [-0.39, 0.29) is 19.1 Å². The molecule has 1 aromatic heterocycles. The highest BCUT2D eigenvalue weighted by molar-refractivity contribution is 7.16. The van der Waals surface area contributed by atoms with Crippen molar-refractivity contribution >= 4 is 28.2 Å². The summed E-state index contributed by atoms with van der Waals surface area (Å²) in [4.78, 5) is 24.9. The standard InChI is InChI=1S/C18H21NO5S/c1-4-22-13-6-8-14(9-7-13)24-11-16(20)19-17-15(10-12(3)25-17)18(21)23-5-2/h6-10H,4-5,11H2,1-3H3,(H,19,20). The van der Waals surface area contributed by atoms with Crippen molar-refractivity contribution in [3.63, 3.8) is 0 Å². The summed E-state index contributed by atoms with van der Waals surface area (Å²) < 4.78 is 15.8. The van der Waals surface area contributed by atoms with Crippen LogP contribution in [0.2, 0.25) is 0 Å². The fourth-order valence-corrected chi connectivity index (χ4v) is 2.99. The van der Waals surface area contributed by atoms with Crippen molar-refractivity contribution in [1.82, 2.24) is 0 Å². The fourth-order valence-electron chi connectivity index (χ4n) is 2.08. The number of carbonyl (C=O) groups excluding carboxylic acids is 2. The number of ether oxygens (including phenoxy) is 3. The van der Waals surface area contributed by atoms with Crippen LogP contribution >= 0.6 is 11.3 Å². The summed E-state index contributed by atoms with van der Waals surface area (Å²) in [6.07, 6.45) is 0. The van der Waals surface area contributed by atoms with Crippen LogP contribution in [0, 0.1) is 6.92 Å². The van der Waals surface area contributed by atoms with Crippen LogP contribution in [-0.2, 0) is 9.53 Å². The molecule has 2 aromatic rings. The van der Waals surface area contributed by atoms with Crippen LogP contribution in [0.25, 0.3) is 0 Å². The minimum Gasteiger partial charge on any atom is -0.494 e. The fraction of sp³-hybridized carbons (Fsp3) is 0.333. The summed E-state index contributed by atoms with van der Waals surface area (Å²) >= 11 is 1.32. The van der Waals surface area contributed by atoms with Gasteiger partial charge in [0.1, 0.15) is 16.5 Å². The van der Waals surface area contributed by atoms with Crippen LogP contribution in [0.4, 0.5) is 5.00 Å². The Balaban J connectivity index is 1.93. The molecule has 0 aliphatic heterocycles. The Morgan fingerprint density at radius 1 is 1.04 bits per heavy atom. The SMILES string of the molecule is CCOC(=O)c1cc(C)sc1NC(=O)COc1ccc(OCC)cc1. The Labute approximate surface area is 150 Å². The second kappa shape index (κ2) is 9.08. The van der Waals surface area contributed by atoms with Gasteiger partial charge in [-0.25, -0.2) is 4.79 Å². The molecule has 0 radical (unpaired) electrons. The van der Waals surface area contributed by atoms with E-state index in [1.807, 2.05) is 13.8 Å². The highest BCUT2D eigenvalue weighted by Gasteiger charge is 2.18. The molecule has 0 bridgehead atoms. The molecule has 6 nitrogen and oxygen atoms in total. The van der Waals surface area contributed by atoms with Crippen LogP contribution in [0.3, 0.4) is 0 Å². The number of benzene rings is 1. The van der Waals surface area contributed by atoms with Crippen molar-refractivity contribution in [2.45, 2.75) is 20.8 Å². The van der Waals surface area contributed by atoms with Gasteiger partial charge in [0.25, 0.3) is 5.91 Å². The van der Waals surface area contributed by atoms with E-state index in [0.717, 1.165) is 10.6 Å². The number of hydrogen-bond donors (Lipinski definition) is 1. The number of amides is 1. The van der Waals surface area contributed by atoms with Gasteiger partial charge in [-0.1, -0.05) is 0 Å². The molecule has 25 heavy (non-hydrogen) atoms. The maximum atomic E-state index is 12.1. The van der Waals surface area contributed by atoms with Gasteiger partial charge in [-0.15, -0.1) is 11.3 Å².